The van der Waals surface area contributed by atoms with Crippen molar-refractivity contribution in [3.8, 4) is 27.9 Å². The first-order chi connectivity index (χ1) is 27.1. The Balaban J connectivity index is 1.05. The zero-order valence-corrected chi connectivity index (χ0v) is 30.8. The summed E-state index contributed by atoms with van der Waals surface area (Å²) in [5.74, 6) is 0. The van der Waals surface area contributed by atoms with Crippen LogP contribution in [0.2, 0.25) is 0 Å². The molecule has 0 radical (unpaired) electrons. The Labute approximate surface area is 323 Å². The SMILES string of the molecule is C=C/C(=C\c1ccccc1C)c1ccc(N(c2ccc(-c3ccccc3)cc2)c2ccc(-c3ccc(-n4c5ccccc5c5ccccc54)cc3)cc2)cc1. The van der Waals surface area contributed by atoms with E-state index in [0.717, 1.165) is 33.9 Å². The highest BCUT2D eigenvalue weighted by atomic mass is 15.1. The van der Waals surface area contributed by atoms with Crippen LogP contribution in [0, 0.1) is 6.92 Å². The fraction of sp³-hybridized carbons (Fsp3) is 0.0189. The third-order valence-corrected chi connectivity index (χ3v) is 10.6. The third-order valence-electron chi connectivity index (χ3n) is 10.6. The van der Waals surface area contributed by atoms with Gasteiger partial charge >= 0.3 is 0 Å². The van der Waals surface area contributed by atoms with E-state index in [9.17, 15) is 0 Å². The summed E-state index contributed by atoms with van der Waals surface area (Å²) in [4.78, 5) is 2.33. The lowest BCUT2D eigenvalue weighted by Crippen LogP contribution is -2.10. The molecule has 0 saturated heterocycles. The largest absolute Gasteiger partial charge is 0.311 e. The lowest BCUT2D eigenvalue weighted by atomic mass is 9.99. The van der Waals surface area contributed by atoms with Gasteiger partial charge in [-0.2, -0.15) is 0 Å². The molecule has 8 aromatic carbocycles. The highest BCUT2D eigenvalue weighted by Crippen LogP contribution is 2.38. The van der Waals surface area contributed by atoms with Gasteiger partial charge in [0.1, 0.15) is 0 Å². The molecule has 262 valence electrons. The minimum absolute atomic E-state index is 1.08. The van der Waals surface area contributed by atoms with Gasteiger partial charge in [0.15, 0.2) is 0 Å². The van der Waals surface area contributed by atoms with Gasteiger partial charge < -0.3 is 9.47 Å². The maximum Gasteiger partial charge on any atom is 0.0541 e. The van der Waals surface area contributed by atoms with Crippen molar-refractivity contribution in [1.29, 1.82) is 0 Å². The Bertz CT molecular complexity index is 2730. The number of aryl methyl sites for hydroxylation is 1. The molecule has 0 atom stereocenters. The van der Waals surface area contributed by atoms with Gasteiger partial charge in [0.2, 0.25) is 0 Å². The lowest BCUT2D eigenvalue weighted by molar-refractivity contribution is 1.18. The standard InChI is InChI=1S/C53H40N2/c1-3-39(37-45-16-8-7-13-38(45)2)41-21-29-46(30-22-41)54(47-31-23-42(24-32-47)40-14-5-4-6-15-40)48-33-25-43(26-34-48)44-27-35-49(36-28-44)55-52-19-11-9-17-50(52)51-18-10-12-20-53(51)55/h3-37H,1H2,2H3/b39-37+. The first-order valence-electron chi connectivity index (χ1n) is 18.8. The summed E-state index contributed by atoms with van der Waals surface area (Å²) in [6.45, 7) is 6.29. The number of anilines is 3. The van der Waals surface area contributed by atoms with E-state index in [1.807, 2.05) is 6.08 Å². The highest BCUT2D eigenvalue weighted by Gasteiger charge is 2.15. The summed E-state index contributed by atoms with van der Waals surface area (Å²) in [5.41, 5.74) is 16.2. The number of hydrogen-bond acceptors (Lipinski definition) is 1. The number of benzene rings is 8. The van der Waals surface area contributed by atoms with Crippen molar-refractivity contribution in [2.75, 3.05) is 4.90 Å². The van der Waals surface area contributed by atoms with Gasteiger partial charge in [-0.3, -0.25) is 0 Å². The number of nitrogens with zero attached hydrogens (tertiary/aromatic N) is 2. The second-order valence-corrected chi connectivity index (χ2v) is 13.9. The fourth-order valence-electron chi connectivity index (χ4n) is 7.67. The molecule has 0 N–H and O–H groups in total. The quantitative estimate of drug-likeness (QED) is 0.107. The number of rotatable bonds is 9. The summed E-state index contributed by atoms with van der Waals surface area (Å²) < 4.78 is 2.36. The molecule has 0 aliphatic carbocycles. The first-order valence-corrected chi connectivity index (χ1v) is 18.8. The molecule has 0 aliphatic rings. The minimum atomic E-state index is 1.08. The van der Waals surface area contributed by atoms with Crippen LogP contribution in [0.3, 0.4) is 0 Å². The van der Waals surface area contributed by atoms with Gasteiger partial charge in [0, 0.05) is 33.5 Å². The summed E-state index contributed by atoms with van der Waals surface area (Å²) in [6.07, 6.45) is 4.15. The van der Waals surface area contributed by atoms with Gasteiger partial charge in [-0.1, -0.05) is 152 Å². The maximum absolute atomic E-state index is 4.14. The van der Waals surface area contributed by atoms with Crippen LogP contribution in [0.15, 0.2) is 213 Å². The maximum atomic E-state index is 4.14. The average molecular weight is 705 g/mol. The molecule has 1 aromatic heterocycles. The molecule has 0 amide bonds. The summed E-state index contributed by atoms with van der Waals surface area (Å²) in [6, 6.07) is 71.8. The van der Waals surface area contributed by atoms with Gasteiger partial charge in [0.05, 0.1) is 11.0 Å². The molecule has 0 unspecified atom stereocenters. The molecule has 0 spiro atoms. The van der Waals surface area contributed by atoms with Crippen molar-refractivity contribution in [2.45, 2.75) is 6.92 Å². The van der Waals surface area contributed by atoms with E-state index in [1.165, 1.54) is 55.2 Å². The van der Waals surface area contributed by atoms with E-state index in [0.29, 0.717) is 0 Å². The summed E-state index contributed by atoms with van der Waals surface area (Å²) in [5, 5.41) is 2.54. The predicted octanol–water partition coefficient (Wildman–Crippen LogP) is 14.6. The summed E-state index contributed by atoms with van der Waals surface area (Å²) in [7, 11) is 0. The Kier molecular flexibility index (Phi) is 8.99. The van der Waals surface area contributed by atoms with Crippen LogP contribution in [0.4, 0.5) is 17.1 Å². The van der Waals surface area contributed by atoms with Crippen molar-refractivity contribution < 1.29 is 0 Å². The second kappa shape index (κ2) is 14.7. The lowest BCUT2D eigenvalue weighted by Gasteiger charge is -2.26. The fourth-order valence-corrected chi connectivity index (χ4v) is 7.67. The van der Waals surface area contributed by atoms with E-state index in [2.05, 4.69) is 229 Å². The van der Waals surface area contributed by atoms with Crippen molar-refractivity contribution in [1.82, 2.24) is 4.57 Å². The predicted molar refractivity (Wildman–Crippen MR) is 236 cm³/mol. The molecule has 0 bridgehead atoms. The van der Waals surface area contributed by atoms with Gasteiger partial charge in [-0.05, 0) is 118 Å². The Morgan fingerprint density at radius 3 is 1.42 bits per heavy atom. The van der Waals surface area contributed by atoms with Crippen LogP contribution in [0.1, 0.15) is 16.7 Å². The minimum Gasteiger partial charge on any atom is -0.311 e. The van der Waals surface area contributed by atoms with Crippen LogP contribution in [-0.4, -0.2) is 4.57 Å². The smallest absolute Gasteiger partial charge is 0.0541 e. The monoisotopic (exact) mass is 704 g/mol. The number of para-hydroxylation sites is 2. The van der Waals surface area contributed by atoms with Crippen molar-refractivity contribution in [3.05, 3.63) is 230 Å². The zero-order chi connectivity index (χ0) is 37.1. The van der Waals surface area contributed by atoms with Crippen molar-refractivity contribution in [2.24, 2.45) is 0 Å². The molecule has 9 aromatic rings. The van der Waals surface area contributed by atoms with Gasteiger partial charge in [-0.25, -0.2) is 0 Å². The number of allylic oxidation sites excluding steroid dienone is 2. The van der Waals surface area contributed by atoms with E-state index in [4.69, 9.17) is 0 Å². The van der Waals surface area contributed by atoms with Crippen LogP contribution in [0.5, 0.6) is 0 Å². The molecule has 0 aliphatic heterocycles. The molecule has 1 heterocycles. The highest BCUT2D eigenvalue weighted by molar-refractivity contribution is 6.09. The summed E-state index contributed by atoms with van der Waals surface area (Å²) >= 11 is 0. The Morgan fingerprint density at radius 1 is 0.455 bits per heavy atom. The molecule has 2 nitrogen and oxygen atoms in total. The number of hydrogen-bond donors (Lipinski definition) is 0. The van der Waals surface area contributed by atoms with E-state index in [1.54, 1.807) is 0 Å². The number of aromatic nitrogens is 1. The Morgan fingerprint density at radius 2 is 0.891 bits per heavy atom. The van der Waals surface area contributed by atoms with Crippen LogP contribution >= 0.6 is 0 Å². The van der Waals surface area contributed by atoms with E-state index >= 15 is 0 Å². The van der Waals surface area contributed by atoms with Crippen LogP contribution < -0.4 is 4.90 Å². The third kappa shape index (κ3) is 6.56. The van der Waals surface area contributed by atoms with Crippen molar-refractivity contribution in [3.63, 3.8) is 0 Å². The normalized spacial score (nSPS) is 11.5. The molecule has 2 heteroatoms. The zero-order valence-electron chi connectivity index (χ0n) is 30.8. The topological polar surface area (TPSA) is 8.17 Å². The van der Waals surface area contributed by atoms with E-state index in [-0.39, 0.29) is 0 Å². The molecular formula is C53H40N2. The van der Waals surface area contributed by atoms with Crippen molar-refractivity contribution >= 4 is 50.5 Å². The number of fused-ring (bicyclic) bond motifs is 3. The van der Waals surface area contributed by atoms with E-state index < -0.39 is 0 Å². The Hall–Kier alpha value is -7.16. The molecule has 55 heavy (non-hydrogen) atoms. The first kappa shape index (κ1) is 33.7. The van der Waals surface area contributed by atoms with Gasteiger partial charge in [0.25, 0.3) is 0 Å². The average Bonchev–Trinajstić information content (AvgIpc) is 3.59. The molecule has 0 saturated carbocycles. The van der Waals surface area contributed by atoms with Crippen LogP contribution in [-0.2, 0) is 0 Å². The van der Waals surface area contributed by atoms with Gasteiger partial charge in [-0.15, -0.1) is 0 Å². The van der Waals surface area contributed by atoms with Crippen LogP contribution in [0.25, 0.3) is 61.4 Å². The molecule has 9 rings (SSSR count). The molecular weight excluding hydrogens is 665 g/mol. The second-order valence-electron chi connectivity index (χ2n) is 13.9. The molecule has 0 fully saturated rings.